The zero-order chi connectivity index (χ0) is 9.80. The average Bonchev–Trinajstić information content (AvgIpc) is 2.30. The number of nitrogens with zero attached hydrogens (tertiary/aromatic N) is 1. The van der Waals surface area contributed by atoms with Crippen LogP contribution in [0.5, 0.6) is 0 Å². The molecule has 76 valence electrons. The largest absolute Gasteiger partial charge is 0.289 e. The highest BCUT2D eigenvalue weighted by Crippen LogP contribution is 2.07. The molecule has 0 spiro atoms. The maximum absolute atomic E-state index is 11.8. The van der Waals surface area contributed by atoms with Crippen LogP contribution in [-0.2, 0) is 0 Å². The Labute approximate surface area is 94.4 Å². The van der Waals surface area contributed by atoms with Crippen molar-refractivity contribution in [1.29, 1.82) is 0 Å². The van der Waals surface area contributed by atoms with Gasteiger partial charge in [0.2, 0.25) is 0 Å². The Bertz CT molecular complexity index is 386. The third-order valence-corrected chi connectivity index (χ3v) is 1.98. The SMILES string of the molecule is Cl.O=C(c1ccccc1)c1ccncc1. The molecule has 0 radical (unpaired) electrons. The summed E-state index contributed by atoms with van der Waals surface area (Å²) in [7, 11) is 0. The van der Waals surface area contributed by atoms with Gasteiger partial charge < -0.3 is 0 Å². The van der Waals surface area contributed by atoms with Gasteiger partial charge in [0, 0.05) is 23.5 Å². The van der Waals surface area contributed by atoms with Gasteiger partial charge in [-0.05, 0) is 12.1 Å². The Morgan fingerprint density at radius 3 is 2.00 bits per heavy atom. The highest BCUT2D eigenvalue weighted by atomic mass is 35.5. The van der Waals surface area contributed by atoms with Crippen LogP contribution in [-0.4, -0.2) is 10.8 Å². The molecule has 1 heterocycles. The van der Waals surface area contributed by atoms with Crippen LogP contribution in [0.2, 0.25) is 0 Å². The van der Waals surface area contributed by atoms with Gasteiger partial charge in [-0.3, -0.25) is 9.78 Å². The van der Waals surface area contributed by atoms with E-state index in [1.54, 1.807) is 24.5 Å². The zero-order valence-electron chi connectivity index (χ0n) is 7.96. The summed E-state index contributed by atoms with van der Waals surface area (Å²) in [6.45, 7) is 0. The molecule has 0 bridgehead atoms. The van der Waals surface area contributed by atoms with Gasteiger partial charge in [0.25, 0.3) is 0 Å². The molecular weight excluding hydrogens is 210 g/mol. The van der Waals surface area contributed by atoms with Gasteiger partial charge in [0.15, 0.2) is 5.78 Å². The molecule has 0 fully saturated rings. The van der Waals surface area contributed by atoms with E-state index in [4.69, 9.17) is 0 Å². The summed E-state index contributed by atoms with van der Waals surface area (Å²) in [5, 5.41) is 0. The van der Waals surface area contributed by atoms with Crippen molar-refractivity contribution in [3.8, 4) is 0 Å². The Kier molecular flexibility index (Phi) is 4.01. The molecule has 2 rings (SSSR count). The lowest BCUT2D eigenvalue weighted by Gasteiger charge is -1.99. The molecule has 2 aromatic rings. The molecule has 0 N–H and O–H groups in total. The van der Waals surface area contributed by atoms with Crippen LogP contribution in [0, 0.1) is 0 Å². The first kappa shape index (κ1) is 11.4. The maximum Gasteiger partial charge on any atom is 0.193 e. The minimum absolute atomic E-state index is 0. The first-order valence-corrected chi connectivity index (χ1v) is 4.38. The average molecular weight is 220 g/mol. The summed E-state index contributed by atoms with van der Waals surface area (Å²) in [4.78, 5) is 15.7. The zero-order valence-corrected chi connectivity index (χ0v) is 8.78. The number of benzene rings is 1. The molecule has 0 amide bonds. The molecule has 1 aromatic heterocycles. The van der Waals surface area contributed by atoms with Crippen LogP contribution < -0.4 is 0 Å². The van der Waals surface area contributed by atoms with E-state index >= 15 is 0 Å². The van der Waals surface area contributed by atoms with E-state index in [0.717, 1.165) is 0 Å². The summed E-state index contributed by atoms with van der Waals surface area (Å²) < 4.78 is 0. The molecule has 0 atom stereocenters. The number of hydrogen-bond donors (Lipinski definition) is 0. The normalized spacial score (nSPS) is 9.07. The number of aromatic nitrogens is 1. The first-order chi connectivity index (χ1) is 6.88. The Morgan fingerprint density at radius 1 is 0.867 bits per heavy atom. The predicted octanol–water partition coefficient (Wildman–Crippen LogP) is 2.73. The number of carbonyl (C=O) groups excluding carboxylic acids is 1. The minimum Gasteiger partial charge on any atom is -0.289 e. The molecule has 0 aliphatic rings. The summed E-state index contributed by atoms with van der Waals surface area (Å²) in [6, 6.07) is 12.7. The van der Waals surface area contributed by atoms with Crippen LogP contribution >= 0.6 is 12.4 Å². The maximum atomic E-state index is 11.8. The summed E-state index contributed by atoms with van der Waals surface area (Å²) >= 11 is 0. The van der Waals surface area contributed by atoms with Crippen molar-refractivity contribution >= 4 is 18.2 Å². The fourth-order valence-corrected chi connectivity index (χ4v) is 1.26. The number of pyridine rings is 1. The van der Waals surface area contributed by atoms with Crippen LogP contribution in [0.3, 0.4) is 0 Å². The fraction of sp³-hybridized carbons (Fsp3) is 0. The highest BCUT2D eigenvalue weighted by Gasteiger charge is 2.06. The Morgan fingerprint density at radius 2 is 1.40 bits per heavy atom. The Balaban J connectivity index is 0.00000112. The van der Waals surface area contributed by atoms with E-state index in [9.17, 15) is 4.79 Å². The quantitative estimate of drug-likeness (QED) is 0.727. The number of halogens is 1. The van der Waals surface area contributed by atoms with E-state index < -0.39 is 0 Å². The molecule has 0 saturated carbocycles. The lowest BCUT2D eigenvalue weighted by Crippen LogP contribution is -2.00. The van der Waals surface area contributed by atoms with Crippen LogP contribution in [0.15, 0.2) is 54.9 Å². The standard InChI is InChI=1S/C12H9NO.ClH/c14-12(10-4-2-1-3-5-10)11-6-8-13-9-7-11;/h1-9H;1H. The summed E-state index contributed by atoms with van der Waals surface area (Å²) in [5.41, 5.74) is 1.38. The summed E-state index contributed by atoms with van der Waals surface area (Å²) in [5.74, 6) is 0.0352. The van der Waals surface area contributed by atoms with Crippen molar-refractivity contribution in [3.05, 3.63) is 66.0 Å². The highest BCUT2D eigenvalue weighted by molar-refractivity contribution is 6.08. The van der Waals surface area contributed by atoms with Crippen molar-refractivity contribution in [1.82, 2.24) is 4.98 Å². The van der Waals surface area contributed by atoms with E-state index in [-0.39, 0.29) is 18.2 Å². The molecule has 0 unspecified atom stereocenters. The smallest absolute Gasteiger partial charge is 0.193 e. The van der Waals surface area contributed by atoms with Gasteiger partial charge in [-0.2, -0.15) is 0 Å². The van der Waals surface area contributed by atoms with Gasteiger partial charge in [-0.25, -0.2) is 0 Å². The van der Waals surface area contributed by atoms with Crippen molar-refractivity contribution in [3.63, 3.8) is 0 Å². The van der Waals surface area contributed by atoms with Crippen molar-refractivity contribution in [2.75, 3.05) is 0 Å². The molecule has 0 aliphatic heterocycles. The van der Waals surface area contributed by atoms with Gasteiger partial charge in [-0.1, -0.05) is 30.3 Å². The second kappa shape index (κ2) is 5.27. The molecule has 2 nitrogen and oxygen atoms in total. The second-order valence-electron chi connectivity index (χ2n) is 2.93. The third-order valence-electron chi connectivity index (χ3n) is 1.98. The van der Waals surface area contributed by atoms with Gasteiger partial charge in [0.05, 0.1) is 0 Å². The lowest BCUT2D eigenvalue weighted by molar-refractivity contribution is 0.103. The molecule has 3 heteroatoms. The van der Waals surface area contributed by atoms with Gasteiger partial charge in [0.1, 0.15) is 0 Å². The monoisotopic (exact) mass is 219 g/mol. The molecule has 1 aromatic carbocycles. The second-order valence-corrected chi connectivity index (χ2v) is 2.93. The van der Waals surface area contributed by atoms with Crippen LogP contribution in [0.25, 0.3) is 0 Å². The van der Waals surface area contributed by atoms with E-state index in [1.807, 2.05) is 30.3 Å². The lowest BCUT2D eigenvalue weighted by atomic mass is 10.1. The summed E-state index contributed by atoms with van der Waals surface area (Å²) in [6.07, 6.45) is 3.24. The fourth-order valence-electron chi connectivity index (χ4n) is 1.26. The first-order valence-electron chi connectivity index (χ1n) is 4.38. The van der Waals surface area contributed by atoms with E-state index in [1.165, 1.54) is 0 Å². The predicted molar refractivity (Wildman–Crippen MR) is 61.4 cm³/mol. The molecule has 15 heavy (non-hydrogen) atoms. The van der Waals surface area contributed by atoms with Crippen LogP contribution in [0.4, 0.5) is 0 Å². The van der Waals surface area contributed by atoms with Crippen molar-refractivity contribution < 1.29 is 4.79 Å². The van der Waals surface area contributed by atoms with Crippen molar-refractivity contribution in [2.45, 2.75) is 0 Å². The minimum atomic E-state index is 0. The van der Waals surface area contributed by atoms with E-state index in [0.29, 0.717) is 11.1 Å². The number of rotatable bonds is 2. The number of carbonyl (C=O) groups is 1. The molecule has 0 saturated heterocycles. The van der Waals surface area contributed by atoms with Crippen molar-refractivity contribution in [2.24, 2.45) is 0 Å². The third kappa shape index (κ3) is 2.64. The molecular formula is C12H10ClNO. The molecule has 0 aliphatic carbocycles. The van der Waals surface area contributed by atoms with Crippen LogP contribution in [0.1, 0.15) is 15.9 Å². The topological polar surface area (TPSA) is 30.0 Å². The number of hydrogen-bond acceptors (Lipinski definition) is 2. The number of ketones is 1. The van der Waals surface area contributed by atoms with E-state index in [2.05, 4.69) is 4.98 Å². The van der Waals surface area contributed by atoms with Gasteiger partial charge >= 0.3 is 0 Å². The van der Waals surface area contributed by atoms with Gasteiger partial charge in [-0.15, -0.1) is 12.4 Å². The Hall–Kier alpha value is -1.67.